The van der Waals surface area contributed by atoms with Crippen LogP contribution in [0, 0.1) is 5.82 Å². The zero-order valence-corrected chi connectivity index (χ0v) is 22.0. The molecule has 8 heteroatoms. The Morgan fingerprint density at radius 1 is 1.07 bits per heavy atom. The molecule has 5 aromatic rings. The second kappa shape index (κ2) is 10.3. The van der Waals surface area contributed by atoms with Gasteiger partial charge in [-0.05, 0) is 60.0 Å². The van der Waals surface area contributed by atoms with Crippen molar-refractivity contribution >= 4 is 27.5 Å². The van der Waals surface area contributed by atoms with Crippen molar-refractivity contribution < 1.29 is 13.2 Å². The van der Waals surface area contributed by atoms with Crippen LogP contribution in [0.3, 0.4) is 0 Å². The monoisotopic (exact) mass is 539 g/mol. The Kier molecular flexibility index (Phi) is 6.64. The molecular weight excluding hydrogens is 511 g/mol. The molecule has 40 heavy (non-hydrogen) atoms. The highest BCUT2D eigenvalue weighted by Gasteiger charge is 2.37. The van der Waals surface area contributed by atoms with Crippen LogP contribution in [0.5, 0.6) is 0 Å². The lowest BCUT2D eigenvalue weighted by atomic mass is 10.0. The second-order valence-electron chi connectivity index (χ2n) is 10.1. The van der Waals surface area contributed by atoms with Crippen LogP contribution < -0.4 is 0 Å². The highest BCUT2D eigenvalue weighted by molar-refractivity contribution is 6.00. The number of allylic oxidation sites excluding steroid dienone is 3. The molecule has 0 amide bonds. The predicted octanol–water partition coefficient (Wildman–Crippen LogP) is 7.77. The zero-order valence-electron chi connectivity index (χ0n) is 22.0. The van der Waals surface area contributed by atoms with E-state index < -0.39 is 5.92 Å². The first kappa shape index (κ1) is 25.8. The molecule has 4 heterocycles. The maximum Gasteiger partial charge on any atom is 0.261 e. The molecule has 0 aliphatic carbocycles. The quantitative estimate of drug-likeness (QED) is 0.208. The fourth-order valence-corrected chi connectivity index (χ4v) is 5.32. The van der Waals surface area contributed by atoms with Crippen LogP contribution in [0.25, 0.3) is 50.0 Å². The van der Waals surface area contributed by atoms with E-state index in [9.17, 15) is 13.2 Å². The number of H-pyrrole nitrogens is 2. The molecule has 5 nitrogen and oxygen atoms in total. The van der Waals surface area contributed by atoms with Crippen LogP contribution in [-0.2, 0) is 0 Å². The number of pyridine rings is 1. The molecule has 2 aromatic carbocycles. The molecule has 1 aliphatic rings. The molecule has 0 radical (unpaired) electrons. The summed E-state index contributed by atoms with van der Waals surface area (Å²) in [5.41, 5.74) is 7.48. The minimum atomic E-state index is -2.64. The van der Waals surface area contributed by atoms with Gasteiger partial charge in [0.2, 0.25) is 0 Å². The molecule has 202 valence electrons. The Balaban J connectivity index is 1.36. The number of hydrogen-bond acceptors (Lipinski definition) is 3. The predicted molar refractivity (Wildman–Crippen MR) is 155 cm³/mol. The summed E-state index contributed by atoms with van der Waals surface area (Å²) in [4.78, 5) is 10.1. The Morgan fingerprint density at radius 3 is 2.65 bits per heavy atom. The first-order chi connectivity index (χ1) is 19.3. The van der Waals surface area contributed by atoms with E-state index in [-0.39, 0.29) is 18.8 Å². The summed E-state index contributed by atoms with van der Waals surface area (Å²) in [6.07, 6.45) is 5.48. The van der Waals surface area contributed by atoms with Crippen molar-refractivity contribution in [1.82, 2.24) is 25.1 Å². The van der Waals surface area contributed by atoms with Crippen LogP contribution in [0.4, 0.5) is 13.2 Å². The third-order valence-electron chi connectivity index (χ3n) is 7.36. The average Bonchev–Trinajstić information content (AvgIpc) is 3.66. The molecule has 0 saturated carbocycles. The second-order valence-corrected chi connectivity index (χ2v) is 10.1. The number of hydrogen-bond donors (Lipinski definition) is 2. The van der Waals surface area contributed by atoms with Crippen LogP contribution in [0.15, 0.2) is 91.0 Å². The van der Waals surface area contributed by atoms with Gasteiger partial charge in [0, 0.05) is 36.0 Å². The molecule has 0 bridgehead atoms. The Bertz CT molecular complexity index is 1790. The summed E-state index contributed by atoms with van der Waals surface area (Å²) in [5.74, 6) is -2.92. The van der Waals surface area contributed by atoms with E-state index in [1.165, 1.54) is 6.07 Å². The van der Waals surface area contributed by atoms with E-state index in [0.29, 0.717) is 29.9 Å². The highest BCUT2D eigenvalue weighted by atomic mass is 19.3. The third-order valence-corrected chi connectivity index (χ3v) is 7.36. The summed E-state index contributed by atoms with van der Waals surface area (Å²) >= 11 is 0. The third kappa shape index (κ3) is 4.86. The topological polar surface area (TPSA) is 60.6 Å². The molecule has 0 unspecified atom stereocenters. The van der Waals surface area contributed by atoms with Gasteiger partial charge in [0.15, 0.2) is 0 Å². The Morgan fingerprint density at radius 2 is 1.90 bits per heavy atom. The van der Waals surface area contributed by atoms with Crippen molar-refractivity contribution in [3.05, 3.63) is 103 Å². The number of nitrogens with zero attached hydrogens (tertiary/aromatic N) is 3. The summed E-state index contributed by atoms with van der Waals surface area (Å²) in [7, 11) is 0. The van der Waals surface area contributed by atoms with E-state index >= 15 is 0 Å². The molecule has 6 rings (SSSR count). The number of aromatic nitrogens is 4. The summed E-state index contributed by atoms with van der Waals surface area (Å²) < 4.78 is 42.0. The van der Waals surface area contributed by atoms with Gasteiger partial charge in [0.05, 0.1) is 23.4 Å². The summed E-state index contributed by atoms with van der Waals surface area (Å²) in [5, 5.41) is 8.49. The Labute approximate surface area is 229 Å². The van der Waals surface area contributed by atoms with Gasteiger partial charge >= 0.3 is 0 Å². The first-order valence-corrected chi connectivity index (χ1v) is 13.2. The molecular formula is C32H28F3N5. The smallest absolute Gasteiger partial charge is 0.261 e. The molecule has 1 fully saturated rings. The van der Waals surface area contributed by atoms with E-state index in [2.05, 4.69) is 21.8 Å². The van der Waals surface area contributed by atoms with Gasteiger partial charge in [-0.25, -0.2) is 18.2 Å². The number of likely N-dealkylation sites (tertiary alicyclic amines) is 1. The maximum atomic E-state index is 14.6. The minimum Gasteiger partial charge on any atom is -0.353 e. The van der Waals surface area contributed by atoms with E-state index in [1.54, 1.807) is 23.1 Å². The standard InChI is InChI=1S/C32H28F3N5/c1-3-20(18-40-15-14-32(34,35)19-40)16-21(4-2)26-12-13-28-30(37-26)31(39-38-28)29-17-24-22(9-7-11-27(24)36-29)23-8-5-6-10-25(23)33/h3-13,16-17,36H,1,14-15,18-19H2,2H3,(H,38,39)/b20-16+,21-4+. The number of alkyl halides is 2. The van der Waals surface area contributed by atoms with Gasteiger partial charge in [-0.15, -0.1) is 0 Å². The van der Waals surface area contributed by atoms with Gasteiger partial charge in [0.25, 0.3) is 5.92 Å². The fourth-order valence-electron chi connectivity index (χ4n) is 5.32. The van der Waals surface area contributed by atoms with Crippen molar-refractivity contribution in [1.29, 1.82) is 0 Å². The highest BCUT2D eigenvalue weighted by Crippen LogP contribution is 2.35. The largest absolute Gasteiger partial charge is 0.353 e. The van der Waals surface area contributed by atoms with E-state index in [1.807, 2.05) is 61.5 Å². The number of nitrogens with one attached hydrogen (secondary N) is 2. The normalized spacial score (nSPS) is 16.3. The van der Waals surface area contributed by atoms with Crippen molar-refractivity contribution in [2.45, 2.75) is 19.3 Å². The van der Waals surface area contributed by atoms with Crippen LogP contribution in [-0.4, -0.2) is 50.6 Å². The lowest BCUT2D eigenvalue weighted by molar-refractivity contribution is 0.0131. The van der Waals surface area contributed by atoms with Gasteiger partial charge in [-0.3, -0.25) is 10.00 Å². The maximum absolute atomic E-state index is 14.6. The van der Waals surface area contributed by atoms with Gasteiger partial charge in [-0.2, -0.15) is 5.10 Å². The molecule has 3 aromatic heterocycles. The molecule has 0 atom stereocenters. The Hall–Kier alpha value is -4.43. The SMILES string of the molecule is C=C/C(=C\C(=C/C)c1ccc2[nH]nc(-c3cc4c(-c5ccccc5F)cccc4[nH]3)c2n1)CN1CCC(F)(F)C1. The average molecular weight is 540 g/mol. The number of benzene rings is 2. The van der Waals surface area contributed by atoms with Crippen LogP contribution in [0.1, 0.15) is 19.0 Å². The zero-order chi connectivity index (χ0) is 27.9. The molecule has 0 spiro atoms. The van der Waals surface area contributed by atoms with Gasteiger partial charge < -0.3 is 4.98 Å². The fraction of sp³-hybridized carbons (Fsp3) is 0.188. The number of aromatic amines is 2. The van der Waals surface area contributed by atoms with Gasteiger partial charge in [-0.1, -0.05) is 49.1 Å². The molecule has 2 N–H and O–H groups in total. The van der Waals surface area contributed by atoms with Gasteiger partial charge in [0.1, 0.15) is 17.0 Å². The van der Waals surface area contributed by atoms with Crippen molar-refractivity contribution in [2.24, 2.45) is 0 Å². The summed E-state index contributed by atoms with van der Waals surface area (Å²) in [6.45, 7) is 6.33. The number of fused-ring (bicyclic) bond motifs is 2. The molecule has 1 saturated heterocycles. The number of halogens is 3. The van der Waals surface area contributed by atoms with Crippen molar-refractivity contribution in [3.8, 4) is 22.5 Å². The van der Waals surface area contributed by atoms with Crippen LogP contribution >= 0.6 is 0 Å². The lowest BCUT2D eigenvalue weighted by Crippen LogP contribution is -2.26. The van der Waals surface area contributed by atoms with E-state index in [0.717, 1.165) is 44.5 Å². The number of rotatable bonds is 7. The van der Waals surface area contributed by atoms with Crippen LogP contribution in [0.2, 0.25) is 0 Å². The van der Waals surface area contributed by atoms with Crippen molar-refractivity contribution in [3.63, 3.8) is 0 Å². The van der Waals surface area contributed by atoms with Crippen molar-refractivity contribution in [2.75, 3.05) is 19.6 Å². The summed E-state index contributed by atoms with van der Waals surface area (Å²) in [6, 6.07) is 18.3. The minimum absolute atomic E-state index is 0.120. The molecule has 1 aliphatic heterocycles. The lowest BCUT2D eigenvalue weighted by Gasteiger charge is -2.16. The van der Waals surface area contributed by atoms with E-state index in [4.69, 9.17) is 4.98 Å². The first-order valence-electron chi connectivity index (χ1n) is 13.2.